The molecule has 1 aliphatic rings. The van der Waals surface area contributed by atoms with E-state index < -0.39 is 38.7 Å². The highest BCUT2D eigenvalue weighted by molar-refractivity contribution is 7.89. The topological polar surface area (TPSA) is 115 Å². The highest BCUT2D eigenvalue weighted by Crippen LogP contribution is 2.35. The van der Waals surface area contributed by atoms with Gasteiger partial charge in [-0.05, 0) is 68.0 Å². The predicted molar refractivity (Wildman–Crippen MR) is 157 cm³/mol. The number of nitrogens with zero attached hydrogens (tertiary/aromatic N) is 4. The first-order valence-electron chi connectivity index (χ1n) is 14.0. The Labute approximate surface area is 253 Å². The zero-order valence-corrected chi connectivity index (χ0v) is 24.8. The molecule has 1 fully saturated rings. The summed E-state index contributed by atoms with van der Waals surface area (Å²) in [5, 5.41) is 12.5. The Kier molecular flexibility index (Phi) is 8.80. The first-order chi connectivity index (χ1) is 20.9. The Morgan fingerprint density at radius 1 is 1.02 bits per heavy atom. The van der Waals surface area contributed by atoms with Gasteiger partial charge in [-0.1, -0.05) is 42.5 Å². The summed E-state index contributed by atoms with van der Waals surface area (Å²) in [6.45, 7) is 4.62. The lowest BCUT2D eigenvalue weighted by Gasteiger charge is -2.32. The van der Waals surface area contributed by atoms with Crippen LogP contribution in [0.2, 0.25) is 0 Å². The summed E-state index contributed by atoms with van der Waals surface area (Å²) < 4.78 is 74.4. The summed E-state index contributed by atoms with van der Waals surface area (Å²) in [5.74, 6) is -1.21. The average Bonchev–Trinajstić information content (AvgIpc) is 3.48. The molecule has 4 aromatic rings. The van der Waals surface area contributed by atoms with Crippen LogP contribution in [-0.2, 0) is 22.8 Å². The van der Waals surface area contributed by atoms with Crippen LogP contribution in [-0.4, -0.2) is 56.9 Å². The molecule has 0 aliphatic carbocycles. The van der Waals surface area contributed by atoms with Crippen molar-refractivity contribution < 1.29 is 36.2 Å². The number of hydrogen-bond acceptors (Lipinski definition) is 6. The van der Waals surface area contributed by atoms with Crippen molar-refractivity contribution in [1.29, 1.82) is 0 Å². The smallest absolute Gasteiger partial charge is 0.434 e. The van der Waals surface area contributed by atoms with Gasteiger partial charge in [0.05, 0.1) is 17.1 Å². The maximum absolute atomic E-state index is 13.8. The second-order valence-corrected chi connectivity index (χ2v) is 13.3. The molecule has 5 rings (SSSR count). The second kappa shape index (κ2) is 12.4. The molecular weight excluding hydrogens is 597 g/mol. The van der Waals surface area contributed by atoms with E-state index in [0.29, 0.717) is 41.0 Å². The molecule has 3 heterocycles. The van der Waals surface area contributed by atoms with Crippen LogP contribution >= 0.6 is 0 Å². The van der Waals surface area contributed by atoms with E-state index >= 15 is 0 Å². The maximum Gasteiger partial charge on any atom is 0.434 e. The zero-order chi connectivity index (χ0) is 31.6. The van der Waals surface area contributed by atoms with E-state index in [9.17, 15) is 31.5 Å². The third-order valence-electron chi connectivity index (χ3n) is 7.64. The predicted octanol–water partition coefficient (Wildman–Crippen LogP) is 6.15. The number of sulfonamides is 1. The number of para-hydroxylation sites is 1. The minimum absolute atomic E-state index is 0.194. The largest absolute Gasteiger partial charge is 0.488 e. The number of halogens is 3. The van der Waals surface area contributed by atoms with E-state index in [2.05, 4.69) is 10.1 Å². The normalized spacial score (nSPS) is 15.0. The molecule has 0 spiro atoms. The van der Waals surface area contributed by atoms with Crippen molar-refractivity contribution in [3.05, 3.63) is 95.3 Å². The fourth-order valence-corrected chi connectivity index (χ4v) is 6.55. The Morgan fingerprint density at radius 2 is 1.70 bits per heavy atom. The van der Waals surface area contributed by atoms with Crippen molar-refractivity contribution in [3.63, 3.8) is 0 Å². The van der Waals surface area contributed by atoms with E-state index in [4.69, 9.17) is 4.74 Å². The van der Waals surface area contributed by atoms with E-state index in [1.807, 2.05) is 24.3 Å². The lowest BCUT2D eigenvalue weighted by Crippen LogP contribution is -2.41. The third-order valence-corrected chi connectivity index (χ3v) is 9.91. The van der Waals surface area contributed by atoms with Gasteiger partial charge in [0.2, 0.25) is 10.0 Å². The van der Waals surface area contributed by atoms with Crippen LogP contribution in [0.15, 0.2) is 72.9 Å². The van der Waals surface area contributed by atoms with Gasteiger partial charge in [-0.3, -0.25) is 0 Å². The van der Waals surface area contributed by atoms with Gasteiger partial charge in [-0.2, -0.15) is 18.3 Å². The molecular formula is C31H31F3N4O5S. The second-order valence-electron chi connectivity index (χ2n) is 10.8. The van der Waals surface area contributed by atoms with Crippen LogP contribution in [0, 0.1) is 0 Å². The fourth-order valence-electron chi connectivity index (χ4n) is 5.24. The minimum atomic E-state index is -4.97. The number of hydrogen-bond donors (Lipinski definition) is 1. The Bertz CT molecular complexity index is 1750. The molecule has 2 aromatic heterocycles. The summed E-state index contributed by atoms with van der Waals surface area (Å²) in [6.07, 6.45) is -2.81. The molecule has 9 nitrogen and oxygen atoms in total. The van der Waals surface area contributed by atoms with Crippen molar-refractivity contribution in [2.75, 3.05) is 13.1 Å². The molecule has 232 valence electrons. The monoisotopic (exact) mass is 628 g/mol. The molecule has 0 radical (unpaired) electrons. The Balaban J connectivity index is 1.30. The highest BCUT2D eigenvalue weighted by Gasteiger charge is 2.41. The number of piperidine rings is 1. The number of pyridine rings is 1. The fraction of sp³-hybridized carbons (Fsp3) is 0.323. The van der Waals surface area contributed by atoms with Gasteiger partial charge in [0, 0.05) is 18.7 Å². The summed E-state index contributed by atoms with van der Waals surface area (Å²) in [6, 6.07) is 19.4. The SMILES string of the molecule is CC(C)S(=O)(=O)N1CCC(c2ccc(COc3ccccc3-c3cccc(-n4ncc(C(=O)O)c4C(F)(F)F)n3)cc2)CC1. The van der Waals surface area contributed by atoms with Crippen LogP contribution in [0.5, 0.6) is 5.75 Å². The van der Waals surface area contributed by atoms with Crippen LogP contribution in [0.1, 0.15) is 59.8 Å². The first kappa shape index (κ1) is 31.2. The van der Waals surface area contributed by atoms with Crippen LogP contribution < -0.4 is 4.74 Å². The number of rotatable bonds is 9. The van der Waals surface area contributed by atoms with Crippen molar-refractivity contribution in [2.45, 2.75) is 50.6 Å². The van der Waals surface area contributed by atoms with Crippen LogP contribution in [0.4, 0.5) is 13.2 Å². The number of carbonyl (C=O) groups is 1. The van der Waals surface area contributed by atoms with Gasteiger partial charge in [0.15, 0.2) is 11.5 Å². The number of ether oxygens (including phenoxy) is 1. The number of alkyl halides is 3. The Hall–Kier alpha value is -4.23. The van der Waals surface area contributed by atoms with E-state index in [-0.39, 0.29) is 18.3 Å². The van der Waals surface area contributed by atoms with Gasteiger partial charge < -0.3 is 9.84 Å². The summed E-state index contributed by atoms with van der Waals surface area (Å²) in [7, 11) is -3.25. The molecule has 1 saturated heterocycles. The van der Waals surface area contributed by atoms with E-state index in [1.54, 1.807) is 48.5 Å². The molecule has 44 heavy (non-hydrogen) atoms. The molecule has 0 saturated carbocycles. The number of carboxylic acids is 1. The van der Waals surface area contributed by atoms with Crippen molar-refractivity contribution in [2.24, 2.45) is 0 Å². The summed E-state index contributed by atoms with van der Waals surface area (Å²) in [5.41, 5.74) is 0.503. The summed E-state index contributed by atoms with van der Waals surface area (Å²) in [4.78, 5) is 15.7. The van der Waals surface area contributed by atoms with Gasteiger partial charge in [-0.15, -0.1) is 0 Å². The lowest BCUT2D eigenvalue weighted by molar-refractivity contribution is -0.143. The van der Waals surface area contributed by atoms with E-state index in [0.717, 1.165) is 24.0 Å². The lowest BCUT2D eigenvalue weighted by atomic mass is 9.90. The number of carboxylic acid groups (broad SMARTS) is 1. The molecule has 0 bridgehead atoms. The van der Waals surface area contributed by atoms with Gasteiger partial charge in [0.25, 0.3) is 0 Å². The minimum Gasteiger partial charge on any atom is -0.488 e. The highest BCUT2D eigenvalue weighted by atomic mass is 32.2. The van der Waals surface area contributed by atoms with Gasteiger partial charge in [-0.25, -0.2) is 27.2 Å². The number of benzene rings is 2. The molecule has 0 unspecified atom stereocenters. The average molecular weight is 629 g/mol. The molecule has 0 amide bonds. The molecule has 1 aliphatic heterocycles. The number of aromatic nitrogens is 3. The van der Waals surface area contributed by atoms with Gasteiger partial charge >= 0.3 is 12.1 Å². The molecule has 2 aromatic carbocycles. The first-order valence-corrected chi connectivity index (χ1v) is 15.5. The quantitative estimate of drug-likeness (QED) is 0.237. The van der Waals surface area contributed by atoms with E-state index in [1.165, 1.54) is 12.1 Å². The van der Waals surface area contributed by atoms with Crippen molar-refractivity contribution in [1.82, 2.24) is 19.1 Å². The van der Waals surface area contributed by atoms with Crippen molar-refractivity contribution >= 4 is 16.0 Å². The van der Waals surface area contributed by atoms with Crippen molar-refractivity contribution in [3.8, 4) is 22.8 Å². The molecule has 1 N–H and O–H groups in total. The van der Waals surface area contributed by atoms with Crippen LogP contribution in [0.25, 0.3) is 17.1 Å². The zero-order valence-electron chi connectivity index (χ0n) is 24.0. The molecule has 13 heteroatoms. The maximum atomic E-state index is 13.8. The summed E-state index contributed by atoms with van der Waals surface area (Å²) >= 11 is 0. The Morgan fingerprint density at radius 3 is 2.34 bits per heavy atom. The number of aromatic carboxylic acids is 1. The van der Waals surface area contributed by atoms with Crippen LogP contribution in [0.3, 0.4) is 0 Å². The molecule has 0 atom stereocenters. The third kappa shape index (κ3) is 6.48. The standard InChI is InChI=1S/C31H31F3N4O5S/c1-20(2)44(41,42)37-16-14-23(15-17-37)22-12-10-21(11-13-22)19-43-27-8-4-3-6-24(27)26-7-5-9-28(36-26)38-29(31(32,33)34)25(18-35-38)30(39)40/h3-13,18,20,23H,14-17,19H2,1-2H3,(H,39,40). The van der Waals surface area contributed by atoms with Gasteiger partial charge in [0.1, 0.15) is 17.9 Å².